The van der Waals surface area contributed by atoms with Gasteiger partial charge in [-0.05, 0) is 24.1 Å². The van der Waals surface area contributed by atoms with Crippen molar-refractivity contribution in [3.05, 3.63) is 29.8 Å². The number of ether oxygens (including phenoxy) is 1. The Balaban J connectivity index is 2.84. The van der Waals surface area contributed by atoms with Crippen molar-refractivity contribution >= 4 is 29.8 Å². The minimum absolute atomic E-state index is 0.00345. The number of urea groups is 1. The molecule has 1 aromatic rings. The smallest absolute Gasteiger partial charge is 0.356 e. The maximum atomic E-state index is 12.5. The zero-order valence-electron chi connectivity index (χ0n) is 17.5. The molecule has 0 heterocycles. The molecule has 0 saturated carbocycles. The quantitative estimate of drug-likeness (QED) is 0.169. The summed E-state index contributed by atoms with van der Waals surface area (Å²) in [6.45, 7) is 1.82. The summed E-state index contributed by atoms with van der Waals surface area (Å²) in [6.07, 6.45) is 0.630. The number of carbonyl (C=O) groups excluding carboxylic acids is 2. The van der Waals surface area contributed by atoms with E-state index in [1.54, 1.807) is 0 Å². The van der Waals surface area contributed by atoms with E-state index >= 15 is 0 Å². The summed E-state index contributed by atoms with van der Waals surface area (Å²) in [5.74, 6) is -5.01. The van der Waals surface area contributed by atoms with E-state index in [0.29, 0.717) is 12.1 Å². The Labute approximate surface area is 183 Å². The fourth-order valence-electron chi connectivity index (χ4n) is 2.57. The van der Waals surface area contributed by atoms with Crippen molar-refractivity contribution in [3.63, 3.8) is 0 Å². The molecule has 176 valence electrons. The van der Waals surface area contributed by atoms with E-state index in [1.165, 1.54) is 24.3 Å². The molecule has 0 radical (unpaired) electrons. The number of carboxylic acid groups (broad SMARTS) is 3. The van der Waals surface area contributed by atoms with Gasteiger partial charge < -0.3 is 36.0 Å². The van der Waals surface area contributed by atoms with Gasteiger partial charge in [0.25, 0.3) is 6.10 Å². The molecule has 0 aliphatic heterocycles. The monoisotopic (exact) mass is 453 g/mol. The van der Waals surface area contributed by atoms with Crippen LogP contribution in [0.5, 0.6) is 5.75 Å². The van der Waals surface area contributed by atoms with E-state index in [9.17, 15) is 24.0 Å². The lowest BCUT2D eigenvalue weighted by molar-refractivity contribution is -0.159. The number of unbranched alkanes of at least 4 members (excludes halogenated alkanes) is 2. The number of hydrogen-bond donors (Lipinski definition) is 6. The first-order chi connectivity index (χ1) is 15.1. The maximum absolute atomic E-state index is 12.5. The van der Waals surface area contributed by atoms with Crippen LogP contribution >= 0.6 is 0 Å². The summed E-state index contributed by atoms with van der Waals surface area (Å²) in [5, 5.41) is 33.7. The number of carbonyl (C=O) groups is 5. The molecule has 0 aliphatic rings. The van der Waals surface area contributed by atoms with Crippen molar-refractivity contribution in [2.24, 2.45) is 0 Å². The Kier molecular flexibility index (Phi) is 11.0. The number of nitrogens with one attached hydrogen (secondary N) is 3. The minimum atomic E-state index is -2.07. The Morgan fingerprint density at radius 2 is 1.56 bits per heavy atom. The van der Waals surface area contributed by atoms with E-state index in [4.69, 9.17) is 20.1 Å². The number of aliphatic carboxylic acids is 3. The molecule has 3 amide bonds. The molecule has 1 aromatic carbocycles. The Bertz CT molecular complexity index is 797. The lowest BCUT2D eigenvalue weighted by Crippen LogP contribution is -2.51. The molecule has 0 aromatic heterocycles. The van der Waals surface area contributed by atoms with Gasteiger partial charge in [0.15, 0.2) is 0 Å². The molecule has 0 fully saturated rings. The highest BCUT2D eigenvalue weighted by Gasteiger charge is 2.28. The number of amides is 3. The first-order valence-electron chi connectivity index (χ1n) is 9.89. The molecule has 32 heavy (non-hydrogen) atoms. The average molecular weight is 453 g/mol. The highest BCUT2D eigenvalue weighted by atomic mass is 16.5. The second kappa shape index (κ2) is 13.5. The van der Waals surface area contributed by atoms with Crippen molar-refractivity contribution < 1.29 is 44.0 Å². The van der Waals surface area contributed by atoms with Gasteiger partial charge in [0.1, 0.15) is 18.3 Å². The average Bonchev–Trinajstić information content (AvgIpc) is 2.73. The normalized spacial score (nSPS) is 11.3. The third-order valence-electron chi connectivity index (χ3n) is 4.17. The molecule has 1 unspecified atom stereocenters. The molecule has 0 aliphatic carbocycles. The van der Waals surface area contributed by atoms with Crippen molar-refractivity contribution in [2.75, 3.05) is 13.1 Å². The zero-order chi connectivity index (χ0) is 24.1. The van der Waals surface area contributed by atoms with Gasteiger partial charge in [0.2, 0.25) is 5.91 Å². The number of rotatable bonds is 14. The Hall–Kier alpha value is -3.83. The summed E-state index contributed by atoms with van der Waals surface area (Å²) < 4.78 is 4.93. The van der Waals surface area contributed by atoms with Gasteiger partial charge in [-0.2, -0.15) is 0 Å². The molecule has 0 saturated heterocycles. The highest BCUT2D eigenvalue weighted by molar-refractivity contribution is 5.96. The first kappa shape index (κ1) is 26.2. The SMILES string of the molecule is CCCCCNC(=O)C(Cc1ccc(OC(C(=O)O)C(=O)O)cc1)NC(=O)NCC(=O)O. The summed E-state index contributed by atoms with van der Waals surface area (Å²) in [7, 11) is 0. The lowest BCUT2D eigenvalue weighted by Gasteiger charge is -2.19. The largest absolute Gasteiger partial charge is 0.480 e. The number of hydrogen-bond acceptors (Lipinski definition) is 6. The van der Waals surface area contributed by atoms with Gasteiger partial charge in [0, 0.05) is 13.0 Å². The van der Waals surface area contributed by atoms with Crippen molar-refractivity contribution in [2.45, 2.75) is 44.8 Å². The lowest BCUT2D eigenvalue weighted by atomic mass is 10.0. The molecule has 12 nitrogen and oxygen atoms in total. The predicted molar refractivity (Wildman–Crippen MR) is 110 cm³/mol. The van der Waals surface area contributed by atoms with Crippen LogP contribution in [-0.4, -0.2) is 70.4 Å². The molecule has 0 spiro atoms. The van der Waals surface area contributed by atoms with E-state index < -0.39 is 48.5 Å². The Morgan fingerprint density at radius 3 is 2.09 bits per heavy atom. The van der Waals surface area contributed by atoms with Gasteiger partial charge in [-0.15, -0.1) is 0 Å². The fraction of sp³-hybridized carbons (Fsp3) is 0.450. The van der Waals surface area contributed by atoms with Gasteiger partial charge in [0.05, 0.1) is 0 Å². The van der Waals surface area contributed by atoms with Crippen molar-refractivity contribution in [3.8, 4) is 5.75 Å². The summed E-state index contributed by atoms with van der Waals surface area (Å²) in [5.41, 5.74) is 0.562. The van der Waals surface area contributed by atoms with Crippen LogP contribution in [0.1, 0.15) is 31.7 Å². The second-order valence-electron chi connectivity index (χ2n) is 6.79. The van der Waals surface area contributed by atoms with Crippen LogP contribution in [0.25, 0.3) is 0 Å². The third kappa shape index (κ3) is 9.78. The maximum Gasteiger partial charge on any atom is 0.356 e. The summed E-state index contributed by atoms with van der Waals surface area (Å²) in [6, 6.07) is 3.83. The van der Waals surface area contributed by atoms with Gasteiger partial charge in [-0.3, -0.25) is 9.59 Å². The minimum Gasteiger partial charge on any atom is -0.480 e. The van der Waals surface area contributed by atoms with Crippen LogP contribution < -0.4 is 20.7 Å². The van der Waals surface area contributed by atoms with E-state index in [-0.39, 0.29) is 12.2 Å². The molecule has 0 bridgehead atoms. The molecule has 12 heteroatoms. The standard InChI is InChI=1S/C20H27N3O9/c1-2-3-4-9-21-17(26)14(23-20(31)22-11-15(24)25)10-12-5-7-13(8-6-12)32-16(18(27)28)19(29)30/h5-8,14,16H,2-4,9-11H2,1H3,(H,21,26)(H,24,25)(H,27,28)(H,29,30)(H2,22,23,31). The van der Waals surface area contributed by atoms with Crippen LogP contribution in [0.15, 0.2) is 24.3 Å². The highest BCUT2D eigenvalue weighted by Crippen LogP contribution is 2.15. The van der Waals surface area contributed by atoms with Crippen LogP contribution in [0, 0.1) is 0 Å². The van der Waals surface area contributed by atoms with Crippen LogP contribution in [0.4, 0.5) is 4.79 Å². The van der Waals surface area contributed by atoms with E-state index in [1.807, 2.05) is 6.92 Å². The zero-order valence-corrected chi connectivity index (χ0v) is 17.5. The molecule has 6 N–H and O–H groups in total. The summed E-state index contributed by atoms with van der Waals surface area (Å²) in [4.78, 5) is 56.9. The first-order valence-corrected chi connectivity index (χ1v) is 9.89. The Morgan fingerprint density at radius 1 is 0.938 bits per heavy atom. The van der Waals surface area contributed by atoms with Gasteiger partial charge in [-0.25, -0.2) is 14.4 Å². The van der Waals surface area contributed by atoms with Crippen molar-refractivity contribution in [1.29, 1.82) is 0 Å². The summed E-state index contributed by atoms with van der Waals surface area (Å²) >= 11 is 0. The number of carboxylic acids is 3. The molecule has 1 rings (SSSR count). The van der Waals surface area contributed by atoms with Gasteiger partial charge in [-0.1, -0.05) is 31.9 Å². The third-order valence-corrected chi connectivity index (χ3v) is 4.17. The molecular weight excluding hydrogens is 426 g/mol. The van der Waals surface area contributed by atoms with Gasteiger partial charge >= 0.3 is 23.9 Å². The van der Waals surface area contributed by atoms with E-state index in [0.717, 1.165) is 19.3 Å². The second-order valence-corrected chi connectivity index (χ2v) is 6.79. The van der Waals surface area contributed by atoms with Crippen LogP contribution in [0.2, 0.25) is 0 Å². The predicted octanol–water partition coefficient (Wildman–Crippen LogP) is 0.205. The topological polar surface area (TPSA) is 191 Å². The molecule has 1 atom stereocenters. The fourth-order valence-corrected chi connectivity index (χ4v) is 2.57. The molecular formula is C20H27N3O9. The number of benzene rings is 1. The van der Waals surface area contributed by atoms with E-state index in [2.05, 4.69) is 16.0 Å². The van der Waals surface area contributed by atoms with Crippen molar-refractivity contribution in [1.82, 2.24) is 16.0 Å². The van der Waals surface area contributed by atoms with Crippen LogP contribution in [-0.2, 0) is 25.6 Å². The van der Waals surface area contributed by atoms with Crippen LogP contribution in [0.3, 0.4) is 0 Å².